The highest BCUT2D eigenvalue weighted by Crippen LogP contribution is 2.29. The summed E-state index contributed by atoms with van der Waals surface area (Å²) < 4.78 is 5.42. The Morgan fingerprint density at radius 2 is 2.14 bits per heavy atom. The predicted molar refractivity (Wildman–Crippen MR) is 58.6 cm³/mol. The zero-order valence-electron chi connectivity index (χ0n) is 8.01. The number of para-hydroxylation sites is 1. The lowest BCUT2D eigenvalue weighted by Gasteiger charge is -1.98. The van der Waals surface area contributed by atoms with Crippen LogP contribution in [-0.2, 0) is 6.54 Å². The van der Waals surface area contributed by atoms with E-state index in [1.807, 2.05) is 24.3 Å². The number of hydrogen-bond donors (Lipinski definition) is 1. The molecule has 0 amide bonds. The van der Waals surface area contributed by atoms with E-state index in [-0.39, 0.29) is 0 Å². The van der Waals surface area contributed by atoms with Crippen molar-refractivity contribution in [1.29, 1.82) is 0 Å². The van der Waals surface area contributed by atoms with Gasteiger partial charge in [0.15, 0.2) is 5.22 Å². The average molecular weight is 210 g/mol. The van der Waals surface area contributed by atoms with Crippen LogP contribution in [0.25, 0.3) is 11.0 Å². The van der Waals surface area contributed by atoms with Crippen LogP contribution in [0.2, 0.25) is 5.22 Å². The van der Waals surface area contributed by atoms with Gasteiger partial charge in [0.2, 0.25) is 0 Å². The summed E-state index contributed by atoms with van der Waals surface area (Å²) in [6, 6.07) is 7.89. The third-order valence-electron chi connectivity index (χ3n) is 2.20. The van der Waals surface area contributed by atoms with Crippen LogP contribution in [-0.4, -0.2) is 6.54 Å². The minimum Gasteiger partial charge on any atom is -0.444 e. The van der Waals surface area contributed by atoms with Gasteiger partial charge in [0.1, 0.15) is 5.58 Å². The minimum absolute atomic E-state index is 0.493. The van der Waals surface area contributed by atoms with Gasteiger partial charge in [-0.2, -0.15) is 0 Å². The SMILES string of the molecule is CCNCc1c(Cl)oc2ccccc12. The fourth-order valence-electron chi connectivity index (χ4n) is 1.48. The molecule has 0 aliphatic carbocycles. The number of nitrogens with one attached hydrogen (secondary N) is 1. The zero-order valence-corrected chi connectivity index (χ0v) is 8.77. The van der Waals surface area contributed by atoms with Gasteiger partial charge in [0, 0.05) is 17.5 Å². The first kappa shape index (κ1) is 9.56. The molecule has 2 nitrogen and oxygen atoms in total. The highest BCUT2D eigenvalue weighted by Gasteiger charge is 2.10. The Kier molecular flexibility index (Phi) is 2.75. The van der Waals surface area contributed by atoms with E-state index in [0.717, 1.165) is 29.6 Å². The summed E-state index contributed by atoms with van der Waals surface area (Å²) >= 11 is 6.00. The summed E-state index contributed by atoms with van der Waals surface area (Å²) in [5.74, 6) is 0. The van der Waals surface area contributed by atoms with E-state index in [0.29, 0.717) is 5.22 Å². The van der Waals surface area contributed by atoms with Gasteiger partial charge in [-0.15, -0.1) is 0 Å². The van der Waals surface area contributed by atoms with Crippen molar-refractivity contribution in [3.05, 3.63) is 35.0 Å². The Labute approximate surface area is 87.9 Å². The van der Waals surface area contributed by atoms with Crippen LogP contribution in [0.5, 0.6) is 0 Å². The Bertz CT molecular complexity index is 436. The molecule has 0 aliphatic heterocycles. The van der Waals surface area contributed by atoms with E-state index in [2.05, 4.69) is 12.2 Å². The van der Waals surface area contributed by atoms with Crippen molar-refractivity contribution < 1.29 is 4.42 Å². The second-order valence-corrected chi connectivity index (χ2v) is 3.47. The summed E-state index contributed by atoms with van der Waals surface area (Å²) in [6.07, 6.45) is 0. The minimum atomic E-state index is 0.493. The van der Waals surface area contributed by atoms with E-state index in [9.17, 15) is 0 Å². The van der Waals surface area contributed by atoms with Crippen LogP contribution in [0.4, 0.5) is 0 Å². The van der Waals surface area contributed by atoms with E-state index >= 15 is 0 Å². The molecular weight excluding hydrogens is 198 g/mol. The number of halogens is 1. The Balaban J connectivity index is 2.45. The van der Waals surface area contributed by atoms with Gasteiger partial charge in [0.25, 0.3) is 0 Å². The van der Waals surface area contributed by atoms with E-state index < -0.39 is 0 Å². The molecule has 2 rings (SSSR count). The molecule has 74 valence electrons. The normalized spacial score (nSPS) is 11.0. The molecule has 3 heteroatoms. The molecule has 2 aromatic rings. The number of furan rings is 1. The van der Waals surface area contributed by atoms with Crippen molar-refractivity contribution in [2.45, 2.75) is 13.5 Å². The molecule has 1 heterocycles. The molecule has 0 radical (unpaired) electrons. The molecule has 0 fully saturated rings. The van der Waals surface area contributed by atoms with Gasteiger partial charge in [-0.05, 0) is 24.2 Å². The lowest BCUT2D eigenvalue weighted by atomic mass is 10.2. The molecule has 0 saturated carbocycles. The third-order valence-corrected chi connectivity index (χ3v) is 2.51. The molecule has 0 bridgehead atoms. The predicted octanol–water partition coefficient (Wildman–Crippen LogP) is 3.20. The second kappa shape index (κ2) is 4.03. The molecule has 14 heavy (non-hydrogen) atoms. The first-order chi connectivity index (χ1) is 6.83. The van der Waals surface area contributed by atoms with Crippen molar-refractivity contribution in [3.63, 3.8) is 0 Å². The summed E-state index contributed by atoms with van der Waals surface area (Å²) in [5, 5.41) is 4.83. The topological polar surface area (TPSA) is 25.2 Å². The van der Waals surface area contributed by atoms with Crippen LogP contribution >= 0.6 is 11.6 Å². The van der Waals surface area contributed by atoms with Crippen LogP contribution in [0.15, 0.2) is 28.7 Å². The summed E-state index contributed by atoms with van der Waals surface area (Å²) in [7, 11) is 0. The van der Waals surface area contributed by atoms with Crippen LogP contribution < -0.4 is 5.32 Å². The maximum Gasteiger partial charge on any atom is 0.199 e. The lowest BCUT2D eigenvalue weighted by Crippen LogP contribution is -2.11. The summed E-state index contributed by atoms with van der Waals surface area (Å²) in [4.78, 5) is 0. The standard InChI is InChI=1S/C11H12ClNO/c1-2-13-7-9-8-5-3-4-6-10(8)14-11(9)12/h3-6,13H,2,7H2,1H3. The molecule has 0 saturated heterocycles. The Morgan fingerprint density at radius 3 is 2.93 bits per heavy atom. The maximum atomic E-state index is 6.00. The van der Waals surface area contributed by atoms with E-state index in [4.69, 9.17) is 16.0 Å². The van der Waals surface area contributed by atoms with Gasteiger partial charge in [0.05, 0.1) is 0 Å². The molecule has 1 N–H and O–H groups in total. The number of benzene rings is 1. The lowest BCUT2D eigenvalue weighted by molar-refractivity contribution is 0.606. The van der Waals surface area contributed by atoms with Crippen LogP contribution in [0, 0.1) is 0 Å². The van der Waals surface area contributed by atoms with Crippen LogP contribution in [0.1, 0.15) is 12.5 Å². The van der Waals surface area contributed by atoms with Gasteiger partial charge in [-0.25, -0.2) is 0 Å². The largest absolute Gasteiger partial charge is 0.444 e. The van der Waals surface area contributed by atoms with Gasteiger partial charge >= 0.3 is 0 Å². The molecule has 0 spiro atoms. The van der Waals surface area contributed by atoms with E-state index in [1.54, 1.807) is 0 Å². The number of rotatable bonds is 3. The van der Waals surface area contributed by atoms with Gasteiger partial charge < -0.3 is 9.73 Å². The fraction of sp³-hybridized carbons (Fsp3) is 0.273. The monoisotopic (exact) mass is 209 g/mol. The highest BCUT2D eigenvalue weighted by molar-refractivity contribution is 6.30. The summed E-state index contributed by atoms with van der Waals surface area (Å²) in [5.41, 5.74) is 1.90. The highest BCUT2D eigenvalue weighted by atomic mass is 35.5. The first-order valence-electron chi connectivity index (χ1n) is 4.69. The van der Waals surface area contributed by atoms with Crippen LogP contribution in [0.3, 0.4) is 0 Å². The van der Waals surface area contributed by atoms with E-state index in [1.165, 1.54) is 0 Å². The molecular formula is C11H12ClNO. The van der Waals surface area contributed by atoms with Gasteiger partial charge in [-0.3, -0.25) is 0 Å². The second-order valence-electron chi connectivity index (χ2n) is 3.13. The molecule has 0 atom stereocenters. The molecule has 1 aromatic heterocycles. The van der Waals surface area contributed by atoms with Crippen molar-refractivity contribution in [1.82, 2.24) is 5.32 Å². The Hall–Kier alpha value is -0.990. The third kappa shape index (κ3) is 1.63. The molecule has 0 aliphatic rings. The van der Waals surface area contributed by atoms with Gasteiger partial charge in [-0.1, -0.05) is 25.1 Å². The first-order valence-corrected chi connectivity index (χ1v) is 5.07. The van der Waals surface area contributed by atoms with Crippen molar-refractivity contribution in [2.75, 3.05) is 6.54 Å². The number of fused-ring (bicyclic) bond motifs is 1. The quantitative estimate of drug-likeness (QED) is 0.840. The molecule has 1 aromatic carbocycles. The van der Waals surface area contributed by atoms with Crippen molar-refractivity contribution in [3.8, 4) is 0 Å². The number of hydrogen-bond acceptors (Lipinski definition) is 2. The zero-order chi connectivity index (χ0) is 9.97. The summed E-state index contributed by atoms with van der Waals surface area (Å²) in [6.45, 7) is 3.75. The average Bonchev–Trinajstić information content (AvgIpc) is 2.51. The Morgan fingerprint density at radius 1 is 1.36 bits per heavy atom. The smallest absolute Gasteiger partial charge is 0.199 e. The van der Waals surface area contributed by atoms with Crippen molar-refractivity contribution in [2.24, 2.45) is 0 Å². The van der Waals surface area contributed by atoms with Crippen molar-refractivity contribution >= 4 is 22.6 Å². The fourth-order valence-corrected chi connectivity index (χ4v) is 1.74. The molecule has 0 unspecified atom stereocenters. The maximum absolute atomic E-state index is 6.00.